The molecule has 0 radical (unpaired) electrons. The lowest BCUT2D eigenvalue weighted by Gasteiger charge is -2.36. The number of nitrogens with zero attached hydrogens (tertiary/aromatic N) is 3. The van der Waals surface area contributed by atoms with E-state index >= 15 is 0 Å². The van der Waals surface area contributed by atoms with Gasteiger partial charge < -0.3 is 10.2 Å². The van der Waals surface area contributed by atoms with Crippen molar-refractivity contribution in [2.75, 3.05) is 42.9 Å². The maximum atomic E-state index is 12.4. The molecule has 140 valence electrons. The number of rotatable bonds is 5. The molecule has 0 aliphatic carbocycles. The summed E-state index contributed by atoms with van der Waals surface area (Å²) in [7, 11) is 0. The summed E-state index contributed by atoms with van der Waals surface area (Å²) in [5.41, 5.74) is 3.53. The Labute approximate surface area is 165 Å². The third-order valence-electron chi connectivity index (χ3n) is 4.83. The van der Waals surface area contributed by atoms with E-state index in [4.69, 9.17) is 11.6 Å². The molecule has 0 unspecified atom stereocenters. The molecule has 0 saturated carbocycles. The summed E-state index contributed by atoms with van der Waals surface area (Å²) in [6.45, 7) is 5.55. The van der Waals surface area contributed by atoms with Crippen LogP contribution < -0.4 is 10.2 Å². The summed E-state index contributed by atoms with van der Waals surface area (Å²) < 4.78 is 0. The van der Waals surface area contributed by atoms with E-state index in [1.54, 1.807) is 6.07 Å². The van der Waals surface area contributed by atoms with Gasteiger partial charge in [0.1, 0.15) is 6.07 Å². The van der Waals surface area contributed by atoms with Gasteiger partial charge in [-0.1, -0.05) is 36.7 Å². The van der Waals surface area contributed by atoms with Gasteiger partial charge in [-0.05, 0) is 36.2 Å². The zero-order chi connectivity index (χ0) is 19.2. The fraction of sp³-hybridized carbons (Fsp3) is 0.333. The van der Waals surface area contributed by atoms with Gasteiger partial charge in [0.25, 0.3) is 0 Å². The van der Waals surface area contributed by atoms with Crippen LogP contribution in [0.4, 0.5) is 11.4 Å². The first-order valence-corrected chi connectivity index (χ1v) is 9.53. The summed E-state index contributed by atoms with van der Waals surface area (Å²) in [5, 5.41) is 12.9. The van der Waals surface area contributed by atoms with E-state index in [1.165, 1.54) is 0 Å². The predicted molar refractivity (Wildman–Crippen MR) is 109 cm³/mol. The number of piperazine rings is 1. The summed E-state index contributed by atoms with van der Waals surface area (Å²) in [4.78, 5) is 16.7. The largest absolute Gasteiger partial charge is 0.368 e. The first-order chi connectivity index (χ1) is 13.1. The SMILES string of the molecule is CCc1ccccc1NC(=O)CN1CCN(c2ccc(Cl)cc2C#N)CC1. The molecule has 0 aromatic heterocycles. The van der Waals surface area contributed by atoms with Gasteiger partial charge in [-0.15, -0.1) is 0 Å². The minimum absolute atomic E-state index is 0.00792. The molecule has 6 heteroatoms. The smallest absolute Gasteiger partial charge is 0.238 e. The van der Waals surface area contributed by atoms with Crippen molar-refractivity contribution in [3.8, 4) is 6.07 Å². The van der Waals surface area contributed by atoms with Gasteiger partial charge in [0.05, 0.1) is 17.8 Å². The van der Waals surface area contributed by atoms with Crippen LogP contribution in [0.2, 0.25) is 5.02 Å². The second-order valence-electron chi connectivity index (χ2n) is 6.60. The average Bonchev–Trinajstić information content (AvgIpc) is 2.69. The van der Waals surface area contributed by atoms with Crippen LogP contribution in [0.5, 0.6) is 0 Å². The monoisotopic (exact) mass is 382 g/mol. The number of hydrogen-bond acceptors (Lipinski definition) is 4. The molecule has 1 saturated heterocycles. The third-order valence-corrected chi connectivity index (χ3v) is 5.07. The molecular formula is C21H23ClN4O. The highest BCUT2D eigenvalue weighted by Gasteiger charge is 2.21. The molecule has 0 atom stereocenters. The van der Waals surface area contributed by atoms with E-state index in [2.05, 4.69) is 28.1 Å². The zero-order valence-corrected chi connectivity index (χ0v) is 16.2. The standard InChI is InChI=1S/C21H23ClN4O/c1-2-16-5-3-4-6-19(16)24-21(27)15-25-9-11-26(12-10-25)20-8-7-18(22)13-17(20)14-23/h3-8,13H,2,9-12,15H2,1H3,(H,24,27). The highest BCUT2D eigenvalue weighted by atomic mass is 35.5. The Balaban J connectivity index is 1.55. The molecule has 2 aromatic carbocycles. The van der Waals surface area contributed by atoms with E-state index < -0.39 is 0 Å². The maximum absolute atomic E-state index is 12.4. The van der Waals surface area contributed by atoms with Crippen LogP contribution in [0.15, 0.2) is 42.5 Å². The number of halogens is 1. The van der Waals surface area contributed by atoms with E-state index in [0.717, 1.165) is 49.5 Å². The van der Waals surface area contributed by atoms with Crippen molar-refractivity contribution in [3.63, 3.8) is 0 Å². The minimum atomic E-state index is 0.00792. The summed E-state index contributed by atoms with van der Waals surface area (Å²) in [6.07, 6.45) is 0.886. The molecule has 2 aromatic rings. The lowest BCUT2D eigenvalue weighted by molar-refractivity contribution is -0.117. The topological polar surface area (TPSA) is 59.4 Å². The summed E-state index contributed by atoms with van der Waals surface area (Å²) in [5.74, 6) is 0.00792. The van der Waals surface area contributed by atoms with Gasteiger partial charge in [0.2, 0.25) is 5.91 Å². The van der Waals surface area contributed by atoms with Crippen LogP contribution >= 0.6 is 11.6 Å². The highest BCUT2D eigenvalue weighted by molar-refractivity contribution is 6.30. The molecular weight excluding hydrogens is 360 g/mol. The molecule has 1 heterocycles. The number of benzene rings is 2. The van der Waals surface area contributed by atoms with Gasteiger partial charge in [-0.25, -0.2) is 0 Å². The van der Waals surface area contributed by atoms with E-state index in [0.29, 0.717) is 17.1 Å². The third kappa shape index (κ3) is 4.79. The fourth-order valence-corrected chi connectivity index (χ4v) is 3.54. The Morgan fingerprint density at radius 2 is 1.93 bits per heavy atom. The Morgan fingerprint density at radius 1 is 1.19 bits per heavy atom. The molecule has 27 heavy (non-hydrogen) atoms. The Morgan fingerprint density at radius 3 is 2.63 bits per heavy atom. The zero-order valence-electron chi connectivity index (χ0n) is 15.4. The lowest BCUT2D eigenvalue weighted by Crippen LogP contribution is -2.48. The number of amides is 1. The predicted octanol–water partition coefficient (Wildman–Crippen LogP) is 3.53. The van der Waals surface area contributed by atoms with Crippen molar-refractivity contribution in [2.24, 2.45) is 0 Å². The van der Waals surface area contributed by atoms with Crippen molar-refractivity contribution < 1.29 is 4.79 Å². The number of hydrogen-bond donors (Lipinski definition) is 1. The van der Waals surface area contributed by atoms with Gasteiger partial charge in [-0.2, -0.15) is 5.26 Å². The van der Waals surface area contributed by atoms with Crippen LogP contribution in [0, 0.1) is 11.3 Å². The number of aryl methyl sites for hydroxylation is 1. The molecule has 5 nitrogen and oxygen atoms in total. The van der Waals surface area contributed by atoms with E-state index in [-0.39, 0.29) is 5.91 Å². The van der Waals surface area contributed by atoms with E-state index in [1.807, 2.05) is 36.4 Å². The average molecular weight is 383 g/mol. The van der Waals surface area contributed by atoms with Crippen molar-refractivity contribution in [1.82, 2.24) is 4.90 Å². The molecule has 0 spiro atoms. The molecule has 0 bridgehead atoms. The Hall–Kier alpha value is -2.55. The van der Waals surface area contributed by atoms with Crippen LogP contribution in [-0.2, 0) is 11.2 Å². The summed E-state index contributed by atoms with van der Waals surface area (Å²) >= 11 is 5.98. The van der Waals surface area contributed by atoms with Crippen molar-refractivity contribution in [3.05, 3.63) is 58.6 Å². The normalized spacial score (nSPS) is 14.6. The first kappa shape index (κ1) is 19.2. The number of anilines is 2. The van der Waals surface area contributed by atoms with Crippen molar-refractivity contribution >= 4 is 28.9 Å². The number of nitrogens with one attached hydrogen (secondary N) is 1. The molecule has 1 aliphatic heterocycles. The Kier molecular flexibility index (Phi) is 6.33. The fourth-order valence-electron chi connectivity index (χ4n) is 3.36. The molecule has 1 fully saturated rings. The van der Waals surface area contributed by atoms with Crippen LogP contribution in [0.3, 0.4) is 0 Å². The first-order valence-electron chi connectivity index (χ1n) is 9.15. The van der Waals surface area contributed by atoms with Gasteiger partial charge in [-0.3, -0.25) is 9.69 Å². The number of para-hydroxylation sites is 1. The van der Waals surface area contributed by atoms with Crippen molar-refractivity contribution in [2.45, 2.75) is 13.3 Å². The lowest BCUT2D eigenvalue weighted by atomic mass is 10.1. The minimum Gasteiger partial charge on any atom is -0.368 e. The van der Waals surface area contributed by atoms with E-state index in [9.17, 15) is 10.1 Å². The molecule has 1 aliphatic rings. The Bertz CT molecular complexity index is 854. The number of carbonyl (C=O) groups excluding carboxylic acids is 1. The highest BCUT2D eigenvalue weighted by Crippen LogP contribution is 2.25. The van der Waals surface area contributed by atoms with Crippen LogP contribution in [0.1, 0.15) is 18.1 Å². The van der Waals surface area contributed by atoms with Gasteiger partial charge >= 0.3 is 0 Å². The van der Waals surface area contributed by atoms with Crippen LogP contribution in [0.25, 0.3) is 0 Å². The quantitative estimate of drug-likeness (QED) is 0.859. The number of nitriles is 1. The van der Waals surface area contributed by atoms with Gasteiger partial charge in [0, 0.05) is 36.9 Å². The van der Waals surface area contributed by atoms with Crippen molar-refractivity contribution in [1.29, 1.82) is 5.26 Å². The molecule has 1 amide bonds. The second kappa shape index (κ2) is 8.90. The van der Waals surface area contributed by atoms with Gasteiger partial charge in [0.15, 0.2) is 0 Å². The number of carbonyl (C=O) groups is 1. The molecule has 3 rings (SSSR count). The summed E-state index contributed by atoms with van der Waals surface area (Å²) in [6, 6.07) is 15.5. The second-order valence-corrected chi connectivity index (χ2v) is 7.03. The maximum Gasteiger partial charge on any atom is 0.238 e. The van der Waals surface area contributed by atoms with Crippen LogP contribution in [-0.4, -0.2) is 43.5 Å². The molecule has 1 N–H and O–H groups in total.